The molecule has 3 rings (SSSR count). The first-order valence-corrected chi connectivity index (χ1v) is 13.2. The first kappa shape index (κ1) is 24.6. The van der Waals surface area contributed by atoms with Gasteiger partial charge in [0.05, 0.1) is 19.1 Å². The molecule has 0 aliphatic carbocycles. The van der Waals surface area contributed by atoms with Crippen LogP contribution in [0.3, 0.4) is 0 Å². The van der Waals surface area contributed by atoms with E-state index in [-0.39, 0.29) is 5.91 Å². The van der Waals surface area contributed by atoms with Crippen molar-refractivity contribution < 1.29 is 22.7 Å². The number of aryl methyl sites for hydroxylation is 1. The topological polar surface area (TPSA) is 84.9 Å². The molecule has 1 N–H and O–H groups in total. The summed E-state index contributed by atoms with van der Waals surface area (Å²) < 4.78 is 37.1. The number of carbonyl (C=O) groups is 1. The molecule has 1 amide bonds. The van der Waals surface area contributed by atoms with E-state index in [4.69, 9.17) is 9.47 Å². The van der Waals surface area contributed by atoms with Crippen LogP contribution < -0.4 is 14.2 Å². The molecule has 33 heavy (non-hydrogen) atoms. The first-order valence-electron chi connectivity index (χ1n) is 10.4. The van der Waals surface area contributed by atoms with Crippen LogP contribution in [0.15, 0.2) is 53.9 Å². The predicted octanol–water partition coefficient (Wildman–Crippen LogP) is 4.68. The summed E-state index contributed by atoms with van der Waals surface area (Å²) in [6, 6.07) is 14.6. The third kappa shape index (κ3) is 6.72. The van der Waals surface area contributed by atoms with Gasteiger partial charge in [-0.15, -0.1) is 11.3 Å². The number of carbonyl (C=O) groups excluding carboxylic acids is 1. The summed E-state index contributed by atoms with van der Waals surface area (Å²) >= 11 is 1.63. The lowest BCUT2D eigenvalue weighted by atomic mass is 10.1. The summed E-state index contributed by atoms with van der Waals surface area (Å²) in [6.07, 6.45) is 1.08. The number of hydrogen-bond acceptors (Lipinski definition) is 6. The van der Waals surface area contributed by atoms with Crippen LogP contribution in [0.1, 0.15) is 33.3 Å². The van der Waals surface area contributed by atoms with Gasteiger partial charge in [0.25, 0.3) is 5.91 Å². The van der Waals surface area contributed by atoms with Crippen molar-refractivity contribution in [3.05, 3.63) is 75.5 Å². The highest BCUT2D eigenvalue weighted by Crippen LogP contribution is 2.30. The van der Waals surface area contributed by atoms with E-state index in [0.29, 0.717) is 42.4 Å². The number of ether oxygens (including phenoxy) is 2. The van der Waals surface area contributed by atoms with E-state index in [1.165, 1.54) is 0 Å². The zero-order valence-corrected chi connectivity index (χ0v) is 20.8. The maximum atomic E-state index is 13.2. The van der Waals surface area contributed by atoms with Crippen LogP contribution in [0, 0.1) is 6.92 Å². The zero-order chi connectivity index (χ0) is 24.0. The maximum absolute atomic E-state index is 13.2. The average molecular weight is 489 g/mol. The SMILES string of the molecule is CCN(Cc1ccc(OCc2cccs2)c(OC)c1)C(=O)c1ccc(C)c(NS(C)(=O)=O)c1. The Bertz CT molecular complexity index is 1210. The molecule has 0 bridgehead atoms. The van der Waals surface area contributed by atoms with E-state index in [2.05, 4.69) is 4.72 Å². The molecule has 0 radical (unpaired) electrons. The number of anilines is 1. The van der Waals surface area contributed by atoms with Crippen LogP contribution in [-0.4, -0.2) is 39.1 Å². The van der Waals surface area contributed by atoms with Crippen molar-refractivity contribution in [2.75, 3.05) is 24.6 Å². The largest absolute Gasteiger partial charge is 0.493 e. The highest BCUT2D eigenvalue weighted by molar-refractivity contribution is 7.92. The highest BCUT2D eigenvalue weighted by Gasteiger charge is 2.18. The smallest absolute Gasteiger partial charge is 0.254 e. The molecule has 0 saturated heterocycles. The second kappa shape index (κ2) is 10.7. The van der Waals surface area contributed by atoms with Crippen LogP contribution in [0.25, 0.3) is 0 Å². The number of rotatable bonds is 10. The van der Waals surface area contributed by atoms with Gasteiger partial charge in [-0.05, 0) is 60.7 Å². The van der Waals surface area contributed by atoms with Crippen molar-refractivity contribution in [1.29, 1.82) is 0 Å². The summed E-state index contributed by atoms with van der Waals surface area (Å²) in [5, 5.41) is 2.00. The van der Waals surface area contributed by atoms with Crippen LogP contribution >= 0.6 is 11.3 Å². The molecule has 0 saturated carbocycles. The predicted molar refractivity (Wildman–Crippen MR) is 132 cm³/mol. The maximum Gasteiger partial charge on any atom is 0.254 e. The minimum atomic E-state index is -3.45. The van der Waals surface area contributed by atoms with Crippen molar-refractivity contribution in [3.8, 4) is 11.5 Å². The number of benzene rings is 2. The molecular weight excluding hydrogens is 460 g/mol. The first-order chi connectivity index (χ1) is 15.7. The van der Waals surface area contributed by atoms with Gasteiger partial charge < -0.3 is 14.4 Å². The molecule has 0 aliphatic rings. The highest BCUT2D eigenvalue weighted by atomic mass is 32.2. The molecule has 2 aromatic carbocycles. The summed E-state index contributed by atoms with van der Waals surface area (Å²) in [7, 11) is -1.86. The van der Waals surface area contributed by atoms with Crippen molar-refractivity contribution in [3.63, 3.8) is 0 Å². The monoisotopic (exact) mass is 488 g/mol. The van der Waals surface area contributed by atoms with Gasteiger partial charge in [-0.2, -0.15) is 0 Å². The van der Waals surface area contributed by atoms with Gasteiger partial charge in [-0.3, -0.25) is 9.52 Å². The van der Waals surface area contributed by atoms with Gasteiger partial charge in [0.2, 0.25) is 10.0 Å². The molecule has 0 atom stereocenters. The zero-order valence-electron chi connectivity index (χ0n) is 19.1. The second-order valence-corrected chi connectivity index (χ2v) is 10.4. The fraction of sp³-hybridized carbons (Fsp3) is 0.292. The summed E-state index contributed by atoms with van der Waals surface area (Å²) in [6.45, 7) is 5.01. The molecular formula is C24H28N2O5S2. The van der Waals surface area contributed by atoms with Crippen LogP contribution in [-0.2, 0) is 23.2 Å². The molecule has 0 unspecified atom stereocenters. The molecule has 0 spiro atoms. The van der Waals surface area contributed by atoms with E-state index in [9.17, 15) is 13.2 Å². The molecule has 176 valence electrons. The molecule has 7 nitrogen and oxygen atoms in total. The minimum Gasteiger partial charge on any atom is -0.493 e. The van der Waals surface area contributed by atoms with Crippen LogP contribution in [0.5, 0.6) is 11.5 Å². The Morgan fingerprint density at radius 3 is 2.55 bits per heavy atom. The lowest BCUT2D eigenvalue weighted by molar-refractivity contribution is 0.0752. The number of amides is 1. The third-order valence-corrected chi connectivity index (χ3v) is 6.44. The Morgan fingerprint density at radius 1 is 1.12 bits per heavy atom. The van der Waals surface area contributed by atoms with Crippen molar-refractivity contribution >= 4 is 33.0 Å². The van der Waals surface area contributed by atoms with Gasteiger partial charge in [0.15, 0.2) is 11.5 Å². The fourth-order valence-corrected chi connectivity index (χ4v) is 4.50. The van der Waals surface area contributed by atoms with Gasteiger partial charge in [0.1, 0.15) is 6.61 Å². The summed E-state index contributed by atoms with van der Waals surface area (Å²) in [5.74, 6) is 1.05. The Hall–Kier alpha value is -3.04. The molecule has 0 fully saturated rings. The Balaban J connectivity index is 1.76. The number of sulfonamides is 1. The molecule has 9 heteroatoms. The number of thiophene rings is 1. The van der Waals surface area contributed by atoms with E-state index >= 15 is 0 Å². The second-order valence-electron chi connectivity index (χ2n) is 7.58. The number of nitrogens with one attached hydrogen (secondary N) is 1. The lowest BCUT2D eigenvalue weighted by Crippen LogP contribution is -2.30. The van der Waals surface area contributed by atoms with Crippen LogP contribution in [0.4, 0.5) is 5.69 Å². The minimum absolute atomic E-state index is 0.189. The molecule has 3 aromatic rings. The molecule has 1 heterocycles. The van der Waals surface area contributed by atoms with Crippen molar-refractivity contribution in [2.24, 2.45) is 0 Å². The third-order valence-electron chi connectivity index (χ3n) is 5.00. The molecule has 1 aromatic heterocycles. The number of nitrogens with zero attached hydrogens (tertiary/aromatic N) is 1. The number of methoxy groups -OCH3 is 1. The quantitative estimate of drug-likeness (QED) is 0.448. The van der Waals surface area contributed by atoms with Gasteiger partial charge in [0, 0.05) is 23.5 Å². The standard InChI is InChI=1S/C24H28N2O5S2/c1-5-26(24(27)19-10-8-17(2)21(14-19)25-33(4,28)29)15-18-9-11-22(23(13-18)30-3)31-16-20-7-6-12-32-20/h6-14,25H,5,15-16H2,1-4H3. The Morgan fingerprint density at radius 2 is 1.91 bits per heavy atom. The van der Waals surface area contributed by atoms with Gasteiger partial charge in [-0.25, -0.2) is 8.42 Å². The Kier molecular flexibility index (Phi) is 7.99. The Labute approximate surface area is 199 Å². The van der Waals surface area contributed by atoms with E-state index < -0.39 is 10.0 Å². The average Bonchev–Trinajstić information content (AvgIpc) is 3.30. The van der Waals surface area contributed by atoms with E-state index in [1.807, 2.05) is 42.6 Å². The van der Waals surface area contributed by atoms with E-state index in [1.54, 1.807) is 48.5 Å². The summed E-state index contributed by atoms with van der Waals surface area (Å²) in [5.41, 5.74) is 2.44. The van der Waals surface area contributed by atoms with Crippen molar-refractivity contribution in [2.45, 2.75) is 27.0 Å². The van der Waals surface area contributed by atoms with E-state index in [0.717, 1.165) is 22.3 Å². The van der Waals surface area contributed by atoms with Crippen molar-refractivity contribution in [1.82, 2.24) is 4.90 Å². The summed E-state index contributed by atoms with van der Waals surface area (Å²) in [4.78, 5) is 16.0. The number of hydrogen-bond donors (Lipinski definition) is 1. The van der Waals surface area contributed by atoms with Gasteiger partial charge in [-0.1, -0.05) is 18.2 Å². The normalized spacial score (nSPS) is 11.2. The fourth-order valence-electron chi connectivity index (χ4n) is 3.27. The van der Waals surface area contributed by atoms with Crippen LogP contribution in [0.2, 0.25) is 0 Å². The molecule has 0 aliphatic heterocycles. The van der Waals surface area contributed by atoms with Gasteiger partial charge >= 0.3 is 0 Å². The lowest BCUT2D eigenvalue weighted by Gasteiger charge is -2.22.